The monoisotopic (exact) mass is 301 g/mol. The third-order valence-corrected chi connectivity index (χ3v) is 3.52. The van der Waals surface area contributed by atoms with E-state index in [-0.39, 0.29) is 30.9 Å². The summed E-state index contributed by atoms with van der Waals surface area (Å²) in [4.78, 5) is 28.0. The Morgan fingerprint density at radius 3 is 2.70 bits per heavy atom. The number of aromatic carboxylic acids is 1. The first-order chi connectivity index (χ1) is 9.45. The lowest BCUT2D eigenvalue weighted by molar-refractivity contribution is 0.0691. The molecule has 0 atom stereocenters. The zero-order chi connectivity index (χ0) is 15.1. The summed E-state index contributed by atoms with van der Waals surface area (Å²) >= 11 is 1.26. The molecule has 0 unspecified atom stereocenters. The molecule has 1 heterocycles. The lowest BCUT2D eigenvalue weighted by atomic mass is 10.3. The minimum atomic E-state index is -1.05. The smallest absolute Gasteiger partial charge is 0.355 e. The Morgan fingerprint density at radius 2 is 2.20 bits per heavy atom. The third kappa shape index (κ3) is 4.78. The summed E-state index contributed by atoms with van der Waals surface area (Å²) in [5, 5.41) is 22.5. The predicted molar refractivity (Wildman–Crippen MR) is 75.1 cm³/mol. The number of carbonyl (C=O) groups excluding carboxylic acids is 1. The molecule has 1 aromatic rings. The molecule has 0 aliphatic rings. The molecule has 0 aromatic carbocycles. The summed E-state index contributed by atoms with van der Waals surface area (Å²) in [6.07, 6.45) is 0.481. The average Bonchev–Trinajstić information content (AvgIpc) is 2.84. The molecule has 0 saturated heterocycles. The van der Waals surface area contributed by atoms with Gasteiger partial charge in [0.2, 0.25) is 0 Å². The van der Waals surface area contributed by atoms with E-state index in [1.165, 1.54) is 21.6 Å². The number of hydrogen-bond donors (Lipinski definition) is 3. The molecule has 0 bridgehead atoms. The third-order valence-electron chi connectivity index (χ3n) is 2.61. The quantitative estimate of drug-likeness (QED) is 0.691. The molecule has 2 amide bonds. The van der Waals surface area contributed by atoms with Crippen LogP contribution in [0.2, 0.25) is 0 Å². The standard InChI is InChI=1S/C12H19N3O4S/c1-8(2)15(5-6-16)12(19)13-4-3-10-14-9(7-20-10)11(17)18/h7-8,16H,3-6H2,1-2H3,(H,13,19)(H,17,18). The highest BCUT2D eigenvalue weighted by molar-refractivity contribution is 7.09. The molecule has 0 saturated carbocycles. The first-order valence-electron chi connectivity index (χ1n) is 6.28. The molecule has 112 valence electrons. The van der Waals surface area contributed by atoms with E-state index in [9.17, 15) is 9.59 Å². The van der Waals surface area contributed by atoms with Crippen molar-refractivity contribution < 1.29 is 19.8 Å². The van der Waals surface area contributed by atoms with Crippen LogP contribution in [0.4, 0.5) is 4.79 Å². The molecule has 0 aliphatic heterocycles. The first-order valence-corrected chi connectivity index (χ1v) is 7.16. The van der Waals surface area contributed by atoms with E-state index in [1.54, 1.807) is 0 Å². The maximum absolute atomic E-state index is 11.9. The van der Waals surface area contributed by atoms with Gasteiger partial charge in [0.1, 0.15) is 0 Å². The van der Waals surface area contributed by atoms with Crippen LogP contribution in [-0.2, 0) is 6.42 Å². The summed E-state index contributed by atoms with van der Waals surface area (Å²) in [5.41, 5.74) is 0.0282. The van der Waals surface area contributed by atoms with Gasteiger partial charge in [-0.15, -0.1) is 11.3 Å². The molecule has 7 nitrogen and oxygen atoms in total. The van der Waals surface area contributed by atoms with Crippen LogP contribution >= 0.6 is 11.3 Å². The van der Waals surface area contributed by atoms with Crippen LogP contribution in [0.15, 0.2) is 5.38 Å². The molecule has 20 heavy (non-hydrogen) atoms. The molecule has 0 radical (unpaired) electrons. The van der Waals surface area contributed by atoms with Gasteiger partial charge >= 0.3 is 12.0 Å². The fraction of sp³-hybridized carbons (Fsp3) is 0.583. The Bertz CT molecular complexity index is 461. The number of carboxylic acids is 1. The van der Waals surface area contributed by atoms with Crippen LogP contribution < -0.4 is 5.32 Å². The van der Waals surface area contributed by atoms with Gasteiger partial charge in [0.15, 0.2) is 5.69 Å². The summed E-state index contributed by atoms with van der Waals surface area (Å²) in [7, 11) is 0. The fourth-order valence-corrected chi connectivity index (χ4v) is 2.38. The van der Waals surface area contributed by atoms with Crippen LogP contribution in [0.1, 0.15) is 29.3 Å². The second kappa shape index (κ2) is 7.81. The van der Waals surface area contributed by atoms with E-state index in [2.05, 4.69) is 10.3 Å². The molecule has 8 heteroatoms. The SMILES string of the molecule is CC(C)N(CCO)C(=O)NCCc1nc(C(=O)O)cs1. The zero-order valence-corrected chi connectivity index (χ0v) is 12.3. The van der Waals surface area contributed by atoms with E-state index in [1.807, 2.05) is 13.8 Å². The van der Waals surface area contributed by atoms with Gasteiger partial charge in [0, 0.05) is 30.9 Å². The normalized spacial score (nSPS) is 10.6. The number of nitrogens with zero attached hydrogens (tertiary/aromatic N) is 2. The van der Waals surface area contributed by atoms with Gasteiger partial charge in [-0.1, -0.05) is 0 Å². The number of aliphatic hydroxyl groups is 1. The molecule has 0 aliphatic carbocycles. The Labute approximate surface area is 121 Å². The van der Waals surface area contributed by atoms with Gasteiger partial charge in [-0.2, -0.15) is 0 Å². The van der Waals surface area contributed by atoms with Crippen LogP contribution in [-0.4, -0.2) is 57.8 Å². The van der Waals surface area contributed by atoms with Crippen molar-refractivity contribution in [1.82, 2.24) is 15.2 Å². The van der Waals surface area contributed by atoms with Crippen LogP contribution in [0.5, 0.6) is 0 Å². The molecular weight excluding hydrogens is 282 g/mol. The van der Waals surface area contributed by atoms with Crippen molar-refractivity contribution in [1.29, 1.82) is 0 Å². The molecular formula is C12H19N3O4S. The highest BCUT2D eigenvalue weighted by Crippen LogP contribution is 2.10. The maximum atomic E-state index is 11.9. The van der Waals surface area contributed by atoms with Gasteiger partial charge in [0.25, 0.3) is 0 Å². The van der Waals surface area contributed by atoms with E-state index in [0.717, 1.165) is 0 Å². The number of aromatic nitrogens is 1. The number of carbonyl (C=O) groups is 2. The number of hydrogen-bond acceptors (Lipinski definition) is 5. The highest BCUT2D eigenvalue weighted by atomic mass is 32.1. The van der Waals surface area contributed by atoms with E-state index in [4.69, 9.17) is 10.2 Å². The second-order valence-electron chi connectivity index (χ2n) is 4.42. The summed E-state index contributed by atoms with van der Waals surface area (Å²) in [6.45, 7) is 4.31. The van der Waals surface area contributed by atoms with Gasteiger partial charge in [-0.05, 0) is 13.8 Å². The minimum absolute atomic E-state index is 0.000579. The Kier molecular flexibility index (Phi) is 6.40. The Morgan fingerprint density at radius 1 is 1.50 bits per heavy atom. The van der Waals surface area contributed by atoms with Gasteiger partial charge in [-0.25, -0.2) is 14.6 Å². The molecule has 0 fully saturated rings. The van der Waals surface area contributed by atoms with Gasteiger partial charge < -0.3 is 20.4 Å². The van der Waals surface area contributed by atoms with E-state index in [0.29, 0.717) is 18.0 Å². The van der Waals surface area contributed by atoms with Crippen molar-refractivity contribution in [2.75, 3.05) is 19.7 Å². The molecule has 1 rings (SSSR count). The van der Waals surface area contributed by atoms with Crippen molar-refractivity contribution in [3.63, 3.8) is 0 Å². The minimum Gasteiger partial charge on any atom is -0.476 e. The number of amides is 2. The lowest BCUT2D eigenvalue weighted by Gasteiger charge is -2.26. The maximum Gasteiger partial charge on any atom is 0.355 e. The van der Waals surface area contributed by atoms with E-state index < -0.39 is 5.97 Å². The van der Waals surface area contributed by atoms with Crippen molar-refractivity contribution in [3.05, 3.63) is 16.1 Å². The second-order valence-corrected chi connectivity index (χ2v) is 5.37. The Hall–Kier alpha value is -1.67. The lowest BCUT2D eigenvalue weighted by Crippen LogP contribution is -2.45. The molecule has 0 spiro atoms. The first kappa shape index (κ1) is 16.4. The molecule has 1 aromatic heterocycles. The predicted octanol–water partition coefficient (Wildman–Crippen LogP) is 0.796. The van der Waals surface area contributed by atoms with Crippen molar-refractivity contribution in [2.24, 2.45) is 0 Å². The highest BCUT2D eigenvalue weighted by Gasteiger charge is 2.16. The number of rotatable bonds is 7. The summed E-state index contributed by atoms with van der Waals surface area (Å²) in [6, 6.07) is -0.246. The number of urea groups is 1. The number of carboxylic acid groups (broad SMARTS) is 1. The summed E-state index contributed by atoms with van der Waals surface area (Å²) < 4.78 is 0. The average molecular weight is 301 g/mol. The van der Waals surface area contributed by atoms with Crippen LogP contribution in [0, 0.1) is 0 Å². The number of nitrogens with one attached hydrogen (secondary N) is 1. The van der Waals surface area contributed by atoms with Crippen LogP contribution in [0.25, 0.3) is 0 Å². The van der Waals surface area contributed by atoms with Crippen molar-refractivity contribution in [3.8, 4) is 0 Å². The van der Waals surface area contributed by atoms with Gasteiger partial charge in [-0.3, -0.25) is 0 Å². The zero-order valence-electron chi connectivity index (χ0n) is 11.5. The van der Waals surface area contributed by atoms with Crippen molar-refractivity contribution >= 4 is 23.3 Å². The van der Waals surface area contributed by atoms with Gasteiger partial charge in [0.05, 0.1) is 11.6 Å². The largest absolute Gasteiger partial charge is 0.476 e. The number of aliphatic hydroxyl groups excluding tert-OH is 1. The van der Waals surface area contributed by atoms with E-state index >= 15 is 0 Å². The molecule has 3 N–H and O–H groups in total. The Balaban J connectivity index is 2.42. The number of thiazole rings is 1. The topological polar surface area (TPSA) is 103 Å². The summed E-state index contributed by atoms with van der Waals surface area (Å²) in [5.74, 6) is -1.05. The van der Waals surface area contributed by atoms with Crippen molar-refractivity contribution in [2.45, 2.75) is 26.3 Å². The fourth-order valence-electron chi connectivity index (χ4n) is 1.60. The van der Waals surface area contributed by atoms with Crippen LogP contribution in [0.3, 0.4) is 0 Å².